The Labute approximate surface area is 146 Å². The number of halogens is 2. The molecule has 0 saturated carbocycles. The first-order valence-corrected chi connectivity index (χ1v) is 7.69. The van der Waals surface area contributed by atoms with Crippen LogP contribution < -0.4 is 10.6 Å². The van der Waals surface area contributed by atoms with Gasteiger partial charge in [0.25, 0.3) is 0 Å². The number of anilines is 1. The number of furan rings is 1. The van der Waals surface area contributed by atoms with Gasteiger partial charge >= 0.3 is 6.01 Å². The van der Waals surface area contributed by atoms with Crippen LogP contribution in [0.4, 0.5) is 6.01 Å². The standard InChI is InChI=1S/C15H12Cl2N4O3/c16-10-4-9(5-11(17)6-10)14-20-15(24-21-14)19-8-13(22)18-7-12-2-1-3-23-12/h1-6H,7-8H2,(H,18,22)(H,19,20,21). The fourth-order valence-corrected chi connectivity index (χ4v) is 2.44. The summed E-state index contributed by atoms with van der Waals surface area (Å²) in [6, 6.07) is 8.58. The number of amides is 1. The Morgan fingerprint density at radius 2 is 2.00 bits per heavy atom. The zero-order chi connectivity index (χ0) is 16.9. The molecule has 3 aromatic rings. The molecule has 2 N–H and O–H groups in total. The summed E-state index contributed by atoms with van der Waals surface area (Å²) in [5.74, 6) is 0.746. The van der Waals surface area contributed by atoms with Crippen LogP contribution in [0.1, 0.15) is 5.76 Å². The summed E-state index contributed by atoms with van der Waals surface area (Å²) in [4.78, 5) is 15.9. The average molecular weight is 367 g/mol. The second-order valence-corrected chi connectivity index (χ2v) is 5.66. The van der Waals surface area contributed by atoms with E-state index in [-0.39, 0.29) is 18.5 Å². The molecule has 0 saturated heterocycles. The minimum Gasteiger partial charge on any atom is -0.467 e. The Hall–Kier alpha value is -2.51. The lowest BCUT2D eigenvalue weighted by Gasteiger charge is -2.02. The molecule has 2 aromatic heterocycles. The van der Waals surface area contributed by atoms with Crippen LogP contribution in [0, 0.1) is 0 Å². The maximum atomic E-state index is 11.7. The van der Waals surface area contributed by atoms with Crippen LogP contribution in [-0.4, -0.2) is 22.6 Å². The largest absolute Gasteiger partial charge is 0.467 e. The molecule has 0 aliphatic rings. The van der Waals surface area contributed by atoms with Gasteiger partial charge in [-0.25, -0.2) is 0 Å². The molecule has 0 radical (unpaired) electrons. The molecular formula is C15H12Cl2N4O3. The molecule has 0 aliphatic heterocycles. The lowest BCUT2D eigenvalue weighted by Crippen LogP contribution is -2.29. The van der Waals surface area contributed by atoms with Crippen molar-refractivity contribution in [1.29, 1.82) is 0 Å². The Morgan fingerprint density at radius 3 is 2.71 bits per heavy atom. The predicted molar refractivity (Wildman–Crippen MR) is 88.8 cm³/mol. The number of benzene rings is 1. The van der Waals surface area contributed by atoms with Gasteiger partial charge in [-0.1, -0.05) is 28.4 Å². The molecule has 7 nitrogen and oxygen atoms in total. The molecule has 2 heterocycles. The Kier molecular flexibility index (Phi) is 5.02. The SMILES string of the molecule is O=C(CNc1nc(-c2cc(Cl)cc(Cl)c2)no1)NCc1ccco1. The zero-order valence-corrected chi connectivity index (χ0v) is 13.8. The van der Waals surface area contributed by atoms with Gasteiger partial charge in [-0.2, -0.15) is 4.98 Å². The van der Waals surface area contributed by atoms with E-state index < -0.39 is 0 Å². The Morgan fingerprint density at radius 1 is 1.21 bits per heavy atom. The highest BCUT2D eigenvalue weighted by Gasteiger charge is 2.11. The van der Waals surface area contributed by atoms with E-state index >= 15 is 0 Å². The van der Waals surface area contributed by atoms with Crippen LogP contribution in [-0.2, 0) is 11.3 Å². The molecular weight excluding hydrogens is 355 g/mol. The summed E-state index contributed by atoms with van der Waals surface area (Å²) in [5, 5.41) is 10.2. The first-order chi connectivity index (χ1) is 11.6. The lowest BCUT2D eigenvalue weighted by atomic mass is 10.2. The third-order valence-electron chi connectivity index (χ3n) is 2.99. The van der Waals surface area contributed by atoms with Crippen molar-refractivity contribution in [3.63, 3.8) is 0 Å². The number of carbonyl (C=O) groups is 1. The van der Waals surface area contributed by atoms with Crippen molar-refractivity contribution in [3.05, 3.63) is 52.4 Å². The minimum atomic E-state index is -0.239. The third-order valence-corrected chi connectivity index (χ3v) is 3.42. The first kappa shape index (κ1) is 16.4. The van der Waals surface area contributed by atoms with E-state index in [0.29, 0.717) is 33.7 Å². The van der Waals surface area contributed by atoms with Crippen LogP contribution >= 0.6 is 23.2 Å². The quantitative estimate of drug-likeness (QED) is 0.694. The van der Waals surface area contributed by atoms with Crippen molar-refractivity contribution in [2.24, 2.45) is 0 Å². The number of carbonyl (C=O) groups excluding carboxylic acids is 1. The van der Waals surface area contributed by atoms with Crippen LogP contribution in [0.3, 0.4) is 0 Å². The number of hydrogen-bond acceptors (Lipinski definition) is 6. The van der Waals surface area contributed by atoms with Crippen LogP contribution in [0.5, 0.6) is 0 Å². The fourth-order valence-electron chi connectivity index (χ4n) is 1.91. The van der Waals surface area contributed by atoms with E-state index in [9.17, 15) is 4.79 Å². The highest BCUT2D eigenvalue weighted by atomic mass is 35.5. The number of hydrogen-bond donors (Lipinski definition) is 2. The Bertz CT molecular complexity index is 813. The Balaban J connectivity index is 1.55. The molecule has 0 unspecified atom stereocenters. The summed E-state index contributed by atoms with van der Waals surface area (Å²) in [6.07, 6.45) is 1.54. The van der Waals surface area contributed by atoms with Gasteiger partial charge in [0.05, 0.1) is 19.4 Å². The maximum absolute atomic E-state index is 11.7. The van der Waals surface area contributed by atoms with Crippen molar-refractivity contribution in [2.75, 3.05) is 11.9 Å². The molecule has 1 amide bonds. The summed E-state index contributed by atoms with van der Waals surface area (Å²) in [7, 11) is 0. The number of rotatable bonds is 6. The lowest BCUT2D eigenvalue weighted by molar-refractivity contribution is -0.119. The molecule has 9 heteroatoms. The molecule has 124 valence electrons. The number of nitrogens with one attached hydrogen (secondary N) is 2. The highest BCUT2D eigenvalue weighted by molar-refractivity contribution is 6.35. The zero-order valence-electron chi connectivity index (χ0n) is 12.3. The van der Waals surface area contributed by atoms with E-state index in [0.717, 1.165) is 0 Å². The molecule has 1 aromatic carbocycles. The minimum absolute atomic E-state index is 0.0152. The summed E-state index contributed by atoms with van der Waals surface area (Å²) >= 11 is 11.9. The molecule has 0 bridgehead atoms. The maximum Gasteiger partial charge on any atom is 0.322 e. The van der Waals surface area contributed by atoms with E-state index in [4.69, 9.17) is 32.1 Å². The van der Waals surface area contributed by atoms with Crippen molar-refractivity contribution < 1.29 is 13.7 Å². The van der Waals surface area contributed by atoms with E-state index in [1.807, 2.05) is 0 Å². The van der Waals surface area contributed by atoms with Crippen molar-refractivity contribution >= 4 is 35.1 Å². The van der Waals surface area contributed by atoms with Crippen LogP contribution in [0.2, 0.25) is 10.0 Å². The molecule has 0 aliphatic carbocycles. The third kappa shape index (κ3) is 4.27. The van der Waals surface area contributed by atoms with Crippen molar-refractivity contribution in [2.45, 2.75) is 6.54 Å². The highest BCUT2D eigenvalue weighted by Crippen LogP contribution is 2.25. The van der Waals surface area contributed by atoms with Gasteiger partial charge in [-0.15, -0.1) is 0 Å². The van der Waals surface area contributed by atoms with Gasteiger partial charge in [0.15, 0.2) is 0 Å². The van der Waals surface area contributed by atoms with Crippen LogP contribution in [0.15, 0.2) is 45.5 Å². The van der Waals surface area contributed by atoms with Gasteiger partial charge in [-0.05, 0) is 30.3 Å². The second kappa shape index (κ2) is 7.37. The van der Waals surface area contributed by atoms with Crippen molar-refractivity contribution in [1.82, 2.24) is 15.5 Å². The smallest absolute Gasteiger partial charge is 0.322 e. The van der Waals surface area contributed by atoms with E-state index in [1.54, 1.807) is 36.6 Å². The molecule has 0 fully saturated rings. The van der Waals surface area contributed by atoms with E-state index in [2.05, 4.69) is 20.8 Å². The van der Waals surface area contributed by atoms with Gasteiger partial charge in [0, 0.05) is 15.6 Å². The molecule has 3 rings (SSSR count). The first-order valence-electron chi connectivity index (χ1n) is 6.93. The van der Waals surface area contributed by atoms with Gasteiger partial charge in [0.1, 0.15) is 5.76 Å². The molecule has 0 spiro atoms. The van der Waals surface area contributed by atoms with Gasteiger partial charge in [0.2, 0.25) is 11.7 Å². The predicted octanol–water partition coefficient (Wildman–Crippen LogP) is 3.36. The molecule has 24 heavy (non-hydrogen) atoms. The topological polar surface area (TPSA) is 93.2 Å². The monoisotopic (exact) mass is 366 g/mol. The van der Waals surface area contributed by atoms with Gasteiger partial charge in [-0.3, -0.25) is 4.79 Å². The van der Waals surface area contributed by atoms with E-state index in [1.165, 1.54) is 0 Å². The number of nitrogens with zero attached hydrogens (tertiary/aromatic N) is 2. The van der Waals surface area contributed by atoms with Crippen molar-refractivity contribution in [3.8, 4) is 11.4 Å². The second-order valence-electron chi connectivity index (χ2n) is 4.79. The summed E-state index contributed by atoms with van der Waals surface area (Å²) in [6.45, 7) is 0.294. The average Bonchev–Trinajstić information content (AvgIpc) is 3.21. The summed E-state index contributed by atoms with van der Waals surface area (Å²) < 4.78 is 10.2. The van der Waals surface area contributed by atoms with Gasteiger partial charge < -0.3 is 19.6 Å². The normalized spacial score (nSPS) is 10.6. The number of aromatic nitrogens is 2. The molecule has 0 atom stereocenters. The fraction of sp³-hybridized carbons (Fsp3) is 0.133. The van der Waals surface area contributed by atoms with Crippen LogP contribution in [0.25, 0.3) is 11.4 Å². The summed E-state index contributed by atoms with van der Waals surface area (Å²) in [5.41, 5.74) is 0.617.